The van der Waals surface area contributed by atoms with E-state index in [0.29, 0.717) is 24.6 Å². The van der Waals surface area contributed by atoms with Crippen molar-refractivity contribution in [3.63, 3.8) is 0 Å². The smallest absolute Gasteiger partial charge is 0.135 e. The molecule has 0 amide bonds. The molecule has 0 unspecified atom stereocenters. The zero-order valence-electron chi connectivity index (χ0n) is 13.0. The van der Waals surface area contributed by atoms with Crippen LogP contribution in [0.1, 0.15) is 38.7 Å². The van der Waals surface area contributed by atoms with Gasteiger partial charge in [-0.2, -0.15) is 0 Å². The Morgan fingerprint density at radius 2 is 2.10 bits per heavy atom. The van der Waals surface area contributed by atoms with Crippen LogP contribution in [0.5, 0.6) is 5.75 Å². The van der Waals surface area contributed by atoms with Crippen LogP contribution in [0.25, 0.3) is 0 Å². The van der Waals surface area contributed by atoms with E-state index in [2.05, 4.69) is 5.32 Å². The number of carbonyl (C=O) groups excluding carboxylic acids is 1. The molecule has 0 bridgehead atoms. The number of carbonyl (C=O) groups is 1. The lowest BCUT2D eigenvalue weighted by Gasteiger charge is -2.35. The summed E-state index contributed by atoms with van der Waals surface area (Å²) in [6.45, 7) is 3.77. The summed E-state index contributed by atoms with van der Waals surface area (Å²) < 4.78 is 19.4. The number of hydrogen-bond donors (Lipinski definition) is 1. The second-order valence-corrected chi connectivity index (χ2v) is 6.11. The van der Waals surface area contributed by atoms with Crippen molar-refractivity contribution in [2.24, 2.45) is 5.92 Å². The van der Waals surface area contributed by atoms with Gasteiger partial charge in [0.05, 0.1) is 0 Å². The highest BCUT2D eigenvalue weighted by atomic mass is 19.1. The molecule has 116 valence electrons. The lowest BCUT2D eigenvalue weighted by atomic mass is 9.89. The molecule has 0 aromatic heterocycles. The Balaban J connectivity index is 1.92. The maximum Gasteiger partial charge on any atom is 0.135 e. The van der Waals surface area contributed by atoms with Gasteiger partial charge >= 0.3 is 0 Å². The van der Waals surface area contributed by atoms with Crippen LogP contribution < -0.4 is 10.1 Å². The van der Waals surface area contributed by atoms with Crippen LogP contribution in [0, 0.1) is 11.7 Å². The molecular formula is C17H24FNO2. The summed E-state index contributed by atoms with van der Waals surface area (Å²) in [5.41, 5.74) is 0.823. The lowest BCUT2D eigenvalue weighted by Crippen LogP contribution is -2.45. The van der Waals surface area contributed by atoms with Gasteiger partial charge in [-0.25, -0.2) is 4.39 Å². The van der Waals surface area contributed by atoms with Crippen molar-refractivity contribution >= 4 is 5.78 Å². The van der Waals surface area contributed by atoms with Gasteiger partial charge in [0.2, 0.25) is 0 Å². The molecule has 2 rings (SSSR count). The largest absolute Gasteiger partial charge is 0.490 e. The molecule has 0 saturated heterocycles. The van der Waals surface area contributed by atoms with Crippen LogP contribution in [0.3, 0.4) is 0 Å². The van der Waals surface area contributed by atoms with Gasteiger partial charge in [-0.1, -0.05) is 13.8 Å². The summed E-state index contributed by atoms with van der Waals surface area (Å²) in [6, 6.07) is 5.26. The van der Waals surface area contributed by atoms with Crippen molar-refractivity contribution in [1.29, 1.82) is 0 Å². The summed E-state index contributed by atoms with van der Waals surface area (Å²) >= 11 is 0. The van der Waals surface area contributed by atoms with Crippen LogP contribution in [-0.4, -0.2) is 25.0 Å². The number of ether oxygens (including phenoxy) is 1. The van der Waals surface area contributed by atoms with Gasteiger partial charge in [0.25, 0.3) is 0 Å². The fourth-order valence-electron chi connectivity index (χ4n) is 2.48. The normalized spacial score (nSPS) is 21.2. The zero-order chi connectivity index (χ0) is 15.4. The van der Waals surface area contributed by atoms with Crippen molar-refractivity contribution in [3.05, 3.63) is 29.6 Å². The number of nitrogens with one attached hydrogen (secondary N) is 1. The molecule has 1 saturated carbocycles. The maximum atomic E-state index is 13.6. The van der Waals surface area contributed by atoms with Crippen molar-refractivity contribution in [3.8, 4) is 5.75 Å². The third kappa shape index (κ3) is 4.53. The first-order chi connectivity index (χ1) is 9.97. The molecule has 1 aliphatic rings. The number of ketones is 1. The summed E-state index contributed by atoms with van der Waals surface area (Å²) in [4.78, 5) is 11.7. The first-order valence-electron chi connectivity index (χ1n) is 7.64. The molecule has 0 atom stereocenters. The van der Waals surface area contributed by atoms with E-state index in [4.69, 9.17) is 4.74 Å². The molecular weight excluding hydrogens is 269 g/mol. The minimum atomic E-state index is -0.302. The van der Waals surface area contributed by atoms with Gasteiger partial charge in [-0.15, -0.1) is 0 Å². The third-order valence-electron chi connectivity index (χ3n) is 4.04. The lowest BCUT2D eigenvalue weighted by molar-refractivity contribution is -0.121. The predicted molar refractivity (Wildman–Crippen MR) is 81.1 cm³/mol. The van der Waals surface area contributed by atoms with Crippen LogP contribution in [0.15, 0.2) is 18.2 Å². The van der Waals surface area contributed by atoms with E-state index in [-0.39, 0.29) is 23.6 Å². The Morgan fingerprint density at radius 1 is 1.38 bits per heavy atom. The number of aryl methyl sites for hydroxylation is 1. The molecule has 1 N–H and O–H groups in total. The number of halogens is 1. The van der Waals surface area contributed by atoms with Crippen molar-refractivity contribution < 1.29 is 13.9 Å². The zero-order valence-corrected chi connectivity index (χ0v) is 13.0. The van der Waals surface area contributed by atoms with Gasteiger partial charge in [-0.05, 0) is 44.0 Å². The topological polar surface area (TPSA) is 38.3 Å². The number of rotatable bonds is 7. The molecule has 1 aromatic carbocycles. The molecule has 1 aliphatic carbocycles. The van der Waals surface area contributed by atoms with E-state index in [1.165, 1.54) is 12.1 Å². The maximum absolute atomic E-state index is 13.6. The Hall–Kier alpha value is -1.42. The van der Waals surface area contributed by atoms with Gasteiger partial charge in [0.15, 0.2) is 0 Å². The van der Waals surface area contributed by atoms with Gasteiger partial charge in [0.1, 0.15) is 23.5 Å². The van der Waals surface area contributed by atoms with E-state index in [1.54, 1.807) is 0 Å². The van der Waals surface area contributed by atoms with E-state index in [0.717, 1.165) is 18.4 Å². The van der Waals surface area contributed by atoms with Crippen LogP contribution in [-0.2, 0) is 11.2 Å². The Bertz CT molecular complexity index is 496. The fourth-order valence-corrected chi connectivity index (χ4v) is 2.48. The Morgan fingerprint density at radius 3 is 2.71 bits per heavy atom. The fraction of sp³-hybridized carbons (Fsp3) is 0.588. The molecule has 0 heterocycles. The Kier molecular flexibility index (Phi) is 5.34. The average molecular weight is 293 g/mol. The minimum absolute atomic E-state index is 0.0303. The van der Waals surface area contributed by atoms with Crippen LogP contribution in [0.4, 0.5) is 4.39 Å². The standard InChI is InChI=1S/C17H24FNO2/c1-11(2)17(20)5-4-12-6-13(18)8-15(7-12)21-16-9-14(10-16)19-3/h6-8,11,14,16,19H,4-5,9-10H2,1-3H3/t14-,16+. The molecule has 1 fully saturated rings. The van der Waals surface area contributed by atoms with Gasteiger partial charge < -0.3 is 10.1 Å². The number of benzene rings is 1. The van der Waals surface area contributed by atoms with Gasteiger partial charge in [0, 0.05) is 24.4 Å². The SMILES string of the molecule is CN[C@H]1C[C@@H](Oc2cc(F)cc(CCC(=O)C(C)C)c2)C1. The first-order valence-corrected chi connectivity index (χ1v) is 7.64. The van der Waals surface area contributed by atoms with Crippen LogP contribution >= 0.6 is 0 Å². The second-order valence-electron chi connectivity index (χ2n) is 6.11. The van der Waals surface area contributed by atoms with E-state index >= 15 is 0 Å². The van der Waals surface area contributed by atoms with Gasteiger partial charge in [-0.3, -0.25) is 4.79 Å². The van der Waals surface area contributed by atoms with E-state index in [1.807, 2.05) is 27.0 Å². The number of hydrogen-bond acceptors (Lipinski definition) is 3. The molecule has 0 aliphatic heterocycles. The minimum Gasteiger partial charge on any atom is -0.490 e. The quantitative estimate of drug-likeness (QED) is 0.839. The summed E-state index contributed by atoms with van der Waals surface area (Å²) in [5, 5.41) is 3.19. The monoisotopic (exact) mass is 293 g/mol. The molecule has 4 heteroatoms. The average Bonchev–Trinajstić information content (AvgIpc) is 2.39. The Labute approximate surface area is 125 Å². The highest BCUT2D eigenvalue weighted by Crippen LogP contribution is 2.27. The highest BCUT2D eigenvalue weighted by molar-refractivity contribution is 5.80. The van der Waals surface area contributed by atoms with E-state index < -0.39 is 0 Å². The summed E-state index contributed by atoms with van der Waals surface area (Å²) in [7, 11) is 1.94. The number of Topliss-reactive ketones (excluding diaryl/α,β-unsaturated/α-hetero) is 1. The molecule has 0 spiro atoms. The molecule has 3 nitrogen and oxygen atoms in total. The van der Waals surface area contributed by atoms with Crippen molar-refractivity contribution in [2.45, 2.75) is 51.7 Å². The van der Waals surface area contributed by atoms with Crippen LogP contribution in [0.2, 0.25) is 0 Å². The second kappa shape index (κ2) is 7.03. The third-order valence-corrected chi connectivity index (χ3v) is 4.04. The molecule has 21 heavy (non-hydrogen) atoms. The first kappa shape index (κ1) is 16.0. The predicted octanol–water partition coefficient (Wildman–Crippen LogP) is 3.11. The highest BCUT2D eigenvalue weighted by Gasteiger charge is 2.29. The van der Waals surface area contributed by atoms with E-state index in [9.17, 15) is 9.18 Å². The molecule has 1 aromatic rings. The summed E-state index contributed by atoms with van der Waals surface area (Å²) in [6.07, 6.45) is 3.08. The summed E-state index contributed by atoms with van der Waals surface area (Å²) in [5.74, 6) is 0.505. The molecule has 0 radical (unpaired) electrons. The van der Waals surface area contributed by atoms with Crippen molar-refractivity contribution in [2.75, 3.05) is 7.05 Å². The van der Waals surface area contributed by atoms with Crippen molar-refractivity contribution in [1.82, 2.24) is 5.32 Å².